The Hall–Kier alpha value is -0.820. The fourth-order valence-corrected chi connectivity index (χ4v) is 2.91. The summed E-state index contributed by atoms with van der Waals surface area (Å²) in [5, 5.41) is 3.27. The fraction of sp³-hybridized carbons (Fsp3) is 0.600. The summed E-state index contributed by atoms with van der Waals surface area (Å²) in [6, 6.07) is 9.02. The molecule has 1 aliphatic carbocycles. The van der Waals surface area contributed by atoms with Gasteiger partial charge in [0.1, 0.15) is 0 Å². The zero-order chi connectivity index (χ0) is 11.6. The molecule has 1 aromatic rings. The molecule has 1 unspecified atom stereocenters. The van der Waals surface area contributed by atoms with Gasteiger partial charge in [-0.25, -0.2) is 0 Å². The minimum atomic E-state index is 0.368. The number of hydrogen-bond donors (Lipinski definition) is 1. The highest BCUT2D eigenvalue weighted by molar-refractivity contribution is 5.38. The van der Waals surface area contributed by atoms with Crippen LogP contribution in [0.4, 0.5) is 0 Å². The minimum Gasteiger partial charge on any atom is -0.320 e. The molecule has 0 aromatic heterocycles. The quantitative estimate of drug-likeness (QED) is 0.817. The molecule has 0 amide bonds. The van der Waals surface area contributed by atoms with E-state index in [4.69, 9.17) is 0 Å². The Labute approximate surface area is 99.3 Å². The van der Waals surface area contributed by atoms with Crippen LogP contribution in [0.25, 0.3) is 0 Å². The van der Waals surface area contributed by atoms with Crippen LogP contribution >= 0.6 is 0 Å². The lowest BCUT2D eigenvalue weighted by molar-refractivity contribution is 0.380. The first-order valence-corrected chi connectivity index (χ1v) is 6.39. The van der Waals surface area contributed by atoms with E-state index >= 15 is 0 Å². The van der Waals surface area contributed by atoms with Crippen LogP contribution < -0.4 is 5.32 Å². The summed E-state index contributed by atoms with van der Waals surface area (Å²) in [7, 11) is 2.04. The van der Waals surface area contributed by atoms with Gasteiger partial charge in [0, 0.05) is 0 Å². The molecular formula is C15H23N. The first-order valence-electron chi connectivity index (χ1n) is 6.39. The Morgan fingerprint density at radius 3 is 2.81 bits per heavy atom. The highest BCUT2D eigenvalue weighted by Gasteiger charge is 2.31. The van der Waals surface area contributed by atoms with Gasteiger partial charge in [0.15, 0.2) is 0 Å². The van der Waals surface area contributed by atoms with Gasteiger partial charge in [-0.05, 0) is 55.3 Å². The molecule has 16 heavy (non-hydrogen) atoms. The van der Waals surface area contributed by atoms with Crippen molar-refractivity contribution in [2.45, 2.75) is 44.4 Å². The lowest BCUT2D eigenvalue weighted by Gasteiger charge is -2.37. The van der Waals surface area contributed by atoms with E-state index in [0.29, 0.717) is 5.41 Å². The molecule has 88 valence electrons. The maximum absolute atomic E-state index is 3.27. The molecule has 1 nitrogen and oxygen atoms in total. The summed E-state index contributed by atoms with van der Waals surface area (Å²) in [6.45, 7) is 5.87. The summed E-state index contributed by atoms with van der Waals surface area (Å²) >= 11 is 0. The molecule has 0 saturated carbocycles. The molecule has 1 heteroatoms. The fourth-order valence-electron chi connectivity index (χ4n) is 2.91. The van der Waals surface area contributed by atoms with Gasteiger partial charge in [-0.15, -0.1) is 0 Å². The van der Waals surface area contributed by atoms with Crippen molar-refractivity contribution in [3.8, 4) is 0 Å². The van der Waals surface area contributed by atoms with Crippen LogP contribution in [0.3, 0.4) is 0 Å². The number of nitrogens with one attached hydrogen (secondary N) is 1. The molecular weight excluding hydrogens is 194 g/mol. The Kier molecular flexibility index (Phi) is 3.34. The molecule has 1 aromatic carbocycles. The largest absolute Gasteiger partial charge is 0.320 e. The van der Waals surface area contributed by atoms with Gasteiger partial charge in [-0.2, -0.15) is 0 Å². The smallest absolute Gasteiger partial charge is 0.00461 e. The number of fused-ring (bicyclic) bond motifs is 1. The summed E-state index contributed by atoms with van der Waals surface area (Å²) in [4.78, 5) is 0. The zero-order valence-corrected chi connectivity index (χ0v) is 10.7. The molecule has 0 heterocycles. The van der Waals surface area contributed by atoms with Crippen LogP contribution in [0.15, 0.2) is 24.3 Å². The van der Waals surface area contributed by atoms with E-state index in [1.54, 1.807) is 11.1 Å². The van der Waals surface area contributed by atoms with Crippen LogP contribution in [-0.2, 0) is 5.41 Å². The van der Waals surface area contributed by atoms with Crippen molar-refractivity contribution in [3.05, 3.63) is 35.4 Å². The minimum absolute atomic E-state index is 0.368. The van der Waals surface area contributed by atoms with E-state index in [2.05, 4.69) is 43.4 Å². The lowest BCUT2D eigenvalue weighted by Crippen LogP contribution is -2.27. The third-order valence-corrected chi connectivity index (χ3v) is 3.99. The Balaban J connectivity index is 2.28. The average Bonchev–Trinajstić information content (AvgIpc) is 2.29. The van der Waals surface area contributed by atoms with Gasteiger partial charge in [0.05, 0.1) is 0 Å². The first kappa shape index (κ1) is 11.7. The van der Waals surface area contributed by atoms with Crippen molar-refractivity contribution in [2.24, 2.45) is 0 Å². The van der Waals surface area contributed by atoms with Crippen molar-refractivity contribution in [1.82, 2.24) is 5.32 Å². The van der Waals surface area contributed by atoms with Gasteiger partial charge >= 0.3 is 0 Å². The van der Waals surface area contributed by atoms with E-state index in [-0.39, 0.29) is 0 Å². The van der Waals surface area contributed by atoms with Gasteiger partial charge in [-0.3, -0.25) is 0 Å². The van der Waals surface area contributed by atoms with Crippen molar-refractivity contribution in [2.75, 3.05) is 13.6 Å². The number of rotatable bonds is 3. The topological polar surface area (TPSA) is 12.0 Å². The predicted octanol–water partition coefficient (Wildman–Crippen LogP) is 3.45. The highest BCUT2D eigenvalue weighted by Crippen LogP contribution is 2.43. The maximum Gasteiger partial charge on any atom is -0.00461 e. The van der Waals surface area contributed by atoms with E-state index in [1.807, 2.05) is 7.05 Å². The van der Waals surface area contributed by atoms with E-state index in [9.17, 15) is 0 Å². The molecule has 1 aliphatic rings. The SMILES string of the molecule is CNCCC1CCC(C)(C)c2ccccc21. The molecule has 0 spiro atoms. The molecule has 0 aliphatic heterocycles. The third kappa shape index (κ3) is 2.15. The normalized spacial score (nSPS) is 22.8. The monoisotopic (exact) mass is 217 g/mol. The summed E-state index contributed by atoms with van der Waals surface area (Å²) in [5.74, 6) is 0.761. The lowest BCUT2D eigenvalue weighted by atomic mass is 9.68. The van der Waals surface area contributed by atoms with Crippen LogP contribution in [-0.4, -0.2) is 13.6 Å². The first-order chi connectivity index (χ1) is 7.65. The van der Waals surface area contributed by atoms with Crippen LogP contribution in [0.2, 0.25) is 0 Å². The maximum atomic E-state index is 3.27. The second kappa shape index (κ2) is 4.58. The molecule has 0 radical (unpaired) electrons. The average molecular weight is 217 g/mol. The molecule has 1 N–H and O–H groups in total. The Morgan fingerprint density at radius 2 is 2.06 bits per heavy atom. The summed E-state index contributed by atoms with van der Waals surface area (Å²) in [5.41, 5.74) is 3.53. The zero-order valence-electron chi connectivity index (χ0n) is 10.7. The molecule has 2 rings (SSSR count). The summed E-state index contributed by atoms with van der Waals surface area (Å²) in [6.07, 6.45) is 3.92. The van der Waals surface area contributed by atoms with E-state index in [1.165, 1.54) is 19.3 Å². The third-order valence-electron chi connectivity index (χ3n) is 3.99. The standard InChI is InChI=1S/C15H23N/c1-15(2)10-8-12(9-11-16-3)13-6-4-5-7-14(13)15/h4-7,12,16H,8-11H2,1-3H3. The van der Waals surface area contributed by atoms with Gasteiger partial charge < -0.3 is 5.32 Å². The van der Waals surface area contributed by atoms with Crippen molar-refractivity contribution in [1.29, 1.82) is 0 Å². The van der Waals surface area contributed by atoms with Crippen LogP contribution in [0.5, 0.6) is 0 Å². The molecule has 0 fully saturated rings. The van der Waals surface area contributed by atoms with Gasteiger partial charge in [0.25, 0.3) is 0 Å². The molecule has 0 saturated heterocycles. The second-order valence-corrected chi connectivity index (χ2v) is 5.60. The second-order valence-electron chi connectivity index (χ2n) is 5.60. The van der Waals surface area contributed by atoms with Gasteiger partial charge in [0.2, 0.25) is 0 Å². The highest BCUT2D eigenvalue weighted by atomic mass is 14.8. The summed E-state index contributed by atoms with van der Waals surface area (Å²) < 4.78 is 0. The van der Waals surface area contributed by atoms with E-state index in [0.717, 1.165) is 12.5 Å². The number of benzene rings is 1. The Morgan fingerprint density at radius 1 is 1.31 bits per heavy atom. The van der Waals surface area contributed by atoms with Crippen molar-refractivity contribution in [3.63, 3.8) is 0 Å². The van der Waals surface area contributed by atoms with Crippen LogP contribution in [0, 0.1) is 0 Å². The van der Waals surface area contributed by atoms with E-state index < -0.39 is 0 Å². The molecule has 1 atom stereocenters. The Bertz CT molecular complexity index is 354. The van der Waals surface area contributed by atoms with Crippen molar-refractivity contribution < 1.29 is 0 Å². The van der Waals surface area contributed by atoms with Gasteiger partial charge in [-0.1, -0.05) is 38.1 Å². The predicted molar refractivity (Wildman–Crippen MR) is 70.0 cm³/mol. The molecule has 0 bridgehead atoms. The van der Waals surface area contributed by atoms with Crippen LogP contribution in [0.1, 0.15) is 50.2 Å². The van der Waals surface area contributed by atoms with Crippen molar-refractivity contribution >= 4 is 0 Å². The number of hydrogen-bond acceptors (Lipinski definition) is 1.